The maximum absolute atomic E-state index is 13.5. The molecule has 0 saturated carbocycles. The van der Waals surface area contributed by atoms with E-state index in [0.29, 0.717) is 16.9 Å². The molecule has 6 heteroatoms. The molecule has 0 aromatic heterocycles. The fourth-order valence-corrected chi connectivity index (χ4v) is 3.53. The van der Waals surface area contributed by atoms with E-state index < -0.39 is 17.6 Å². The fourth-order valence-electron chi connectivity index (χ4n) is 3.53. The van der Waals surface area contributed by atoms with Crippen molar-refractivity contribution >= 4 is 34.4 Å². The summed E-state index contributed by atoms with van der Waals surface area (Å²) < 4.78 is 13.5. The Kier molecular flexibility index (Phi) is 5.29. The van der Waals surface area contributed by atoms with E-state index in [2.05, 4.69) is 5.32 Å². The van der Waals surface area contributed by atoms with Crippen LogP contribution in [0.5, 0.6) is 0 Å². The van der Waals surface area contributed by atoms with Gasteiger partial charge >= 0.3 is 0 Å². The van der Waals surface area contributed by atoms with Crippen LogP contribution in [0.15, 0.2) is 78.5 Å². The van der Waals surface area contributed by atoms with Crippen LogP contribution >= 0.6 is 0 Å². The first-order valence-electron chi connectivity index (χ1n) is 9.85. The molecule has 0 aliphatic carbocycles. The highest BCUT2D eigenvalue weighted by Gasteiger charge is 2.40. The van der Waals surface area contributed by atoms with Crippen LogP contribution in [0.1, 0.15) is 11.1 Å². The molecular formula is C25H22FN3O2. The average Bonchev–Trinajstić information content (AvgIpc) is 2.98. The second-order valence-corrected chi connectivity index (χ2v) is 7.61. The summed E-state index contributed by atoms with van der Waals surface area (Å²) in [5.41, 5.74) is 3.99. The molecule has 0 atom stereocenters. The smallest absolute Gasteiger partial charge is 0.282 e. The molecule has 1 aliphatic rings. The first-order valence-corrected chi connectivity index (χ1v) is 9.85. The van der Waals surface area contributed by atoms with Crippen LogP contribution in [-0.4, -0.2) is 25.9 Å². The number of halogens is 1. The molecule has 31 heavy (non-hydrogen) atoms. The lowest BCUT2D eigenvalue weighted by molar-refractivity contribution is -0.120. The third-order valence-electron chi connectivity index (χ3n) is 5.13. The molecule has 1 N–H and O–H groups in total. The highest BCUT2D eigenvalue weighted by atomic mass is 19.1. The molecule has 2 amide bonds. The van der Waals surface area contributed by atoms with Crippen LogP contribution in [-0.2, 0) is 9.59 Å². The number of aryl methyl sites for hydroxylation is 1. The highest BCUT2D eigenvalue weighted by molar-refractivity contribution is 6.46. The molecule has 1 aliphatic heterocycles. The number of anilines is 3. The van der Waals surface area contributed by atoms with E-state index in [1.54, 1.807) is 12.1 Å². The van der Waals surface area contributed by atoms with E-state index in [1.165, 1.54) is 24.3 Å². The minimum atomic E-state index is -0.455. The van der Waals surface area contributed by atoms with Crippen LogP contribution in [0.3, 0.4) is 0 Å². The van der Waals surface area contributed by atoms with Gasteiger partial charge in [0.1, 0.15) is 11.5 Å². The quantitative estimate of drug-likeness (QED) is 0.619. The molecular weight excluding hydrogens is 393 g/mol. The predicted molar refractivity (Wildman–Crippen MR) is 121 cm³/mol. The van der Waals surface area contributed by atoms with Crippen LogP contribution < -0.4 is 15.1 Å². The van der Waals surface area contributed by atoms with Crippen molar-refractivity contribution in [2.45, 2.75) is 6.92 Å². The largest absolute Gasteiger partial charge is 0.378 e. The SMILES string of the molecule is Cc1cccc(NC2=C(c3ccc(F)cc3)C(=O)N(c3ccc(N(C)C)cc3)C2=O)c1. The number of rotatable bonds is 5. The van der Waals surface area contributed by atoms with Crippen LogP contribution in [0.2, 0.25) is 0 Å². The molecule has 0 unspecified atom stereocenters. The van der Waals surface area contributed by atoms with Crippen LogP contribution in [0.25, 0.3) is 5.57 Å². The number of imide groups is 1. The van der Waals surface area contributed by atoms with E-state index in [0.717, 1.165) is 16.2 Å². The highest BCUT2D eigenvalue weighted by Crippen LogP contribution is 2.34. The third-order valence-corrected chi connectivity index (χ3v) is 5.13. The van der Waals surface area contributed by atoms with Gasteiger partial charge in [-0.05, 0) is 66.6 Å². The van der Waals surface area contributed by atoms with Gasteiger partial charge in [0, 0.05) is 25.5 Å². The van der Waals surface area contributed by atoms with E-state index in [-0.39, 0.29) is 11.3 Å². The Hall–Kier alpha value is -3.93. The molecule has 4 rings (SSSR count). The molecule has 0 bridgehead atoms. The van der Waals surface area contributed by atoms with Crippen LogP contribution in [0.4, 0.5) is 21.5 Å². The summed E-state index contributed by atoms with van der Waals surface area (Å²) in [7, 11) is 3.83. The number of carbonyl (C=O) groups is 2. The van der Waals surface area contributed by atoms with Crippen molar-refractivity contribution in [2.75, 3.05) is 29.2 Å². The van der Waals surface area contributed by atoms with E-state index in [1.807, 2.05) is 62.3 Å². The van der Waals surface area contributed by atoms with Gasteiger partial charge < -0.3 is 10.2 Å². The van der Waals surface area contributed by atoms with Gasteiger partial charge in [0.25, 0.3) is 11.8 Å². The van der Waals surface area contributed by atoms with Gasteiger partial charge in [-0.15, -0.1) is 0 Å². The lowest BCUT2D eigenvalue weighted by Gasteiger charge is -2.18. The number of amides is 2. The normalized spacial score (nSPS) is 13.7. The van der Waals surface area contributed by atoms with Gasteiger partial charge in [0.15, 0.2) is 0 Å². The Balaban J connectivity index is 1.78. The lowest BCUT2D eigenvalue weighted by Crippen LogP contribution is -2.32. The second-order valence-electron chi connectivity index (χ2n) is 7.61. The summed E-state index contributed by atoms with van der Waals surface area (Å²) in [4.78, 5) is 29.9. The number of carbonyl (C=O) groups excluding carboxylic acids is 2. The van der Waals surface area contributed by atoms with Crippen molar-refractivity contribution in [1.29, 1.82) is 0 Å². The molecule has 3 aromatic rings. The molecule has 0 saturated heterocycles. The predicted octanol–water partition coefficient (Wildman–Crippen LogP) is 4.60. The maximum atomic E-state index is 13.5. The monoisotopic (exact) mass is 415 g/mol. The summed E-state index contributed by atoms with van der Waals surface area (Å²) in [5, 5.41) is 3.12. The second kappa shape index (κ2) is 8.07. The fraction of sp³-hybridized carbons (Fsp3) is 0.120. The van der Waals surface area contributed by atoms with Gasteiger partial charge in [0.2, 0.25) is 0 Å². The molecule has 156 valence electrons. The van der Waals surface area contributed by atoms with Gasteiger partial charge in [0.05, 0.1) is 11.3 Å². The third kappa shape index (κ3) is 3.92. The molecule has 0 radical (unpaired) electrons. The molecule has 3 aromatic carbocycles. The summed E-state index contributed by atoms with van der Waals surface area (Å²) in [6.45, 7) is 1.95. The van der Waals surface area contributed by atoms with Crippen molar-refractivity contribution in [3.05, 3.63) is 95.4 Å². The minimum absolute atomic E-state index is 0.166. The first kappa shape index (κ1) is 20.3. The number of nitrogens with one attached hydrogen (secondary N) is 1. The first-order chi connectivity index (χ1) is 14.8. The lowest BCUT2D eigenvalue weighted by atomic mass is 10.0. The van der Waals surface area contributed by atoms with E-state index in [9.17, 15) is 14.0 Å². The standard InChI is InChI=1S/C25H22FN3O2/c1-16-5-4-6-19(15-16)27-23-22(17-7-9-18(26)10-8-17)24(30)29(25(23)31)21-13-11-20(12-14-21)28(2)3/h4-15,27H,1-3H3. The topological polar surface area (TPSA) is 52.7 Å². The summed E-state index contributed by atoms with van der Waals surface area (Å²) in [6.07, 6.45) is 0. The number of benzene rings is 3. The Labute approximate surface area is 180 Å². The molecule has 1 heterocycles. The van der Waals surface area contributed by atoms with E-state index >= 15 is 0 Å². The molecule has 0 fully saturated rings. The summed E-state index contributed by atoms with van der Waals surface area (Å²) >= 11 is 0. The zero-order valence-electron chi connectivity index (χ0n) is 17.5. The van der Waals surface area contributed by atoms with Crippen molar-refractivity contribution in [3.63, 3.8) is 0 Å². The van der Waals surface area contributed by atoms with Gasteiger partial charge in [-0.3, -0.25) is 9.59 Å². The number of hydrogen-bond donors (Lipinski definition) is 1. The van der Waals surface area contributed by atoms with E-state index in [4.69, 9.17) is 0 Å². The van der Waals surface area contributed by atoms with Crippen molar-refractivity contribution in [2.24, 2.45) is 0 Å². The van der Waals surface area contributed by atoms with Crippen molar-refractivity contribution < 1.29 is 14.0 Å². The minimum Gasteiger partial charge on any atom is -0.378 e. The molecule has 0 spiro atoms. The molecule has 5 nitrogen and oxygen atoms in total. The van der Waals surface area contributed by atoms with Gasteiger partial charge in [-0.2, -0.15) is 0 Å². The zero-order chi connectivity index (χ0) is 22.1. The number of hydrogen-bond acceptors (Lipinski definition) is 4. The van der Waals surface area contributed by atoms with Crippen LogP contribution in [0, 0.1) is 12.7 Å². The van der Waals surface area contributed by atoms with Gasteiger partial charge in [-0.1, -0.05) is 24.3 Å². The summed E-state index contributed by atoms with van der Waals surface area (Å²) in [6, 6.07) is 20.3. The Morgan fingerprint density at radius 3 is 2.16 bits per heavy atom. The maximum Gasteiger partial charge on any atom is 0.282 e. The Bertz CT molecular complexity index is 1180. The zero-order valence-corrected chi connectivity index (χ0v) is 17.5. The number of nitrogens with zero attached hydrogens (tertiary/aromatic N) is 2. The Morgan fingerprint density at radius 1 is 0.871 bits per heavy atom. The van der Waals surface area contributed by atoms with Crippen molar-refractivity contribution in [1.82, 2.24) is 0 Å². The summed E-state index contributed by atoms with van der Waals surface area (Å²) in [5.74, 6) is -1.32. The average molecular weight is 415 g/mol. The van der Waals surface area contributed by atoms with Crippen molar-refractivity contribution in [3.8, 4) is 0 Å². The Morgan fingerprint density at radius 2 is 1.55 bits per heavy atom. The van der Waals surface area contributed by atoms with Gasteiger partial charge in [-0.25, -0.2) is 9.29 Å².